The lowest BCUT2D eigenvalue weighted by molar-refractivity contribution is -0.122. The van der Waals surface area contributed by atoms with Crippen LogP contribution >= 0.6 is 0 Å². The van der Waals surface area contributed by atoms with E-state index in [-0.39, 0.29) is 5.91 Å². The second kappa shape index (κ2) is 7.67. The van der Waals surface area contributed by atoms with Crippen LogP contribution in [0.25, 0.3) is 11.2 Å². The number of nitrogens with one attached hydrogen (secondary N) is 1. The summed E-state index contributed by atoms with van der Waals surface area (Å²) in [4.78, 5) is 26.5. The van der Waals surface area contributed by atoms with Gasteiger partial charge < -0.3 is 14.6 Å². The first-order chi connectivity index (χ1) is 15.0. The summed E-state index contributed by atoms with van der Waals surface area (Å²) in [7, 11) is 0. The highest BCUT2D eigenvalue weighted by atomic mass is 16.2. The summed E-state index contributed by atoms with van der Waals surface area (Å²) >= 11 is 0. The van der Waals surface area contributed by atoms with Gasteiger partial charge in [-0.25, -0.2) is 4.98 Å². The average Bonchev–Trinajstić information content (AvgIpc) is 3.16. The van der Waals surface area contributed by atoms with E-state index in [9.17, 15) is 4.79 Å². The highest BCUT2D eigenvalue weighted by Crippen LogP contribution is 2.25. The van der Waals surface area contributed by atoms with Crippen molar-refractivity contribution in [2.24, 2.45) is 0 Å². The quantitative estimate of drug-likeness (QED) is 0.819. The van der Waals surface area contributed by atoms with Gasteiger partial charge in [-0.15, -0.1) is 0 Å². The zero-order valence-electron chi connectivity index (χ0n) is 18.0. The number of fused-ring (bicyclic) bond motifs is 2. The molecule has 7 heteroatoms. The Labute approximate surface area is 181 Å². The largest absolute Gasteiger partial charge is 0.368 e. The van der Waals surface area contributed by atoms with Crippen LogP contribution in [0.15, 0.2) is 66.4 Å². The van der Waals surface area contributed by atoms with Crippen molar-refractivity contribution in [3.8, 4) is 0 Å². The number of aromatic nitrogens is 3. The molecule has 1 amide bonds. The molecule has 7 nitrogen and oxygen atoms in total. The lowest BCUT2D eigenvalue weighted by atomic mass is 10.1. The molecule has 2 aromatic heterocycles. The zero-order valence-corrected chi connectivity index (χ0v) is 18.0. The number of aryl methyl sites for hydroxylation is 2. The van der Waals surface area contributed by atoms with Crippen LogP contribution in [0.3, 0.4) is 0 Å². The lowest BCUT2D eigenvalue weighted by Crippen LogP contribution is -2.48. The monoisotopic (exact) mass is 414 g/mol. The molecule has 1 fully saturated rings. The number of hydrogen-bond acceptors (Lipinski definition) is 5. The van der Waals surface area contributed by atoms with Gasteiger partial charge in [0.1, 0.15) is 0 Å². The van der Waals surface area contributed by atoms with Crippen LogP contribution in [0.5, 0.6) is 0 Å². The molecule has 0 saturated carbocycles. The molecule has 5 rings (SSSR count). The highest BCUT2D eigenvalue weighted by molar-refractivity contribution is 5.99. The summed E-state index contributed by atoms with van der Waals surface area (Å²) in [6, 6.07) is 0.425. The molecule has 31 heavy (non-hydrogen) atoms. The third-order valence-corrected chi connectivity index (χ3v) is 5.78. The molecule has 0 aromatic carbocycles. The Hall–Kier alpha value is -3.45. The van der Waals surface area contributed by atoms with Gasteiger partial charge in [-0.05, 0) is 39.0 Å². The Morgan fingerprint density at radius 1 is 1.10 bits per heavy atom. The van der Waals surface area contributed by atoms with E-state index in [1.807, 2.05) is 61.1 Å². The maximum Gasteiger partial charge on any atom is 0.255 e. The molecule has 0 spiro atoms. The first kappa shape index (κ1) is 19.5. The number of carbonyl (C=O) groups excluding carboxylic acids is 1. The summed E-state index contributed by atoms with van der Waals surface area (Å²) in [6.07, 6.45) is 17.5. The summed E-state index contributed by atoms with van der Waals surface area (Å²) in [6.45, 7) is 8.88. The average molecular weight is 415 g/mol. The van der Waals surface area contributed by atoms with Gasteiger partial charge in [0, 0.05) is 61.6 Å². The molecular weight excluding hydrogens is 388 g/mol. The van der Waals surface area contributed by atoms with Crippen molar-refractivity contribution in [2.75, 3.05) is 19.6 Å². The van der Waals surface area contributed by atoms with Crippen LogP contribution in [-0.2, 0) is 4.79 Å². The Morgan fingerprint density at radius 2 is 1.94 bits per heavy atom. The molecule has 1 saturated heterocycles. The molecule has 0 bridgehead atoms. The molecule has 0 radical (unpaired) electrons. The number of imidazole rings is 1. The molecular formula is C24H26N6O. The van der Waals surface area contributed by atoms with E-state index in [1.54, 1.807) is 11.0 Å². The summed E-state index contributed by atoms with van der Waals surface area (Å²) < 4.78 is 1.97. The van der Waals surface area contributed by atoms with Gasteiger partial charge in [0.2, 0.25) is 0 Å². The standard InChI is InChI=1S/C24H26N6O/c1-16-12-28(10-9-25-16)21-8-7-20-6-4-5-19(11-23(31)30(20)14-21)22-15-29-13-17(2)26-18(3)24(29)27-22/h4-8,11,13-16,25H,9-10,12H2,1-3H3/b5-4?,19-11?,20-6+/t16-/m0/s1. The molecule has 1 atom stereocenters. The van der Waals surface area contributed by atoms with Gasteiger partial charge in [0.25, 0.3) is 5.91 Å². The first-order valence-electron chi connectivity index (χ1n) is 10.6. The van der Waals surface area contributed by atoms with E-state index >= 15 is 0 Å². The Balaban J connectivity index is 1.49. The van der Waals surface area contributed by atoms with Crippen molar-refractivity contribution < 1.29 is 4.79 Å². The molecule has 0 aliphatic carbocycles. The summed E-state index contributed by atoms with van der Waals surface area (Å²) in [5.74, 6) is -0.0845. The fraction of sp³-hybridized carbons (Fsp3) is 0.292. The molecule has 1 N–H and O–H groups in total. The van der Waals surface area contributed by atoms with E-state index in [0.29, 0.717) is 6.04 Å². The molecule has 2 aromatic rings. The Kier molecular flexibility index (Phi) is 4.82. The van der Waals surface area contributed by atoms with Gasteiger partial charge in [0.05, 0.1) is 22.8 Å². The van der Waals surface area contributed by atoms with Crippen molar-refractivity contribution >= 4 is 17.1 Å². The smallest absolute Gasteiger partial charge is 0.255 e. The fourth-order valence-electron chi connectivity index (χ4n) is 4.29. The topological polar surface area (TPSA) is 65.8 Å². The third kappa shape index (κ3) is 3.72. The molecule has 0 unspecified atom stereocenters. The minimum atomic E-state index is -0.0845. The number of amides is 1. The summed E-state index contributed by atoms with van der Waals surface area (Å²) in [5, 5.41) is 3.46. The molecule has 158 valence electrons. The first-order valence-corrected chi connectivity index (χ1v) is 10.6. The molecule has 3 aliphatic rings. The molecule has 5 heterocycles. The van der Waals surface area contributed by atoms with Crippen LogP contribution in [0.4, 0.5) is 0 Å². The van der Waals surface area contributed by atoms with Crippen molar-refractivity contribution in [3.05, 3.63) is 83.5 Å². The van der Waals surface area contributed by atoms with Gasteiger partial charge in [-0.2, -0.15) is 0 Å². The highest BCUT2D eigenvalue weighted by Gasteiger charge is 2.23. The number of carbonyl (C=O) groups is 1. The number of allylic oxidation sites excluding steroid dienone is 6. The maximum atomic E-state index is 13.2. The van der Waals surface area contributed by atoms with Crippen molar-refractivity contribution in [3.63, 3.8) is 0 Å². The Morgan fingerprint density at radius 3 is 2.77 bits per heavy atom. The molecule has 3 aliphatic heterocycles. The number of hydrogen-bond donors (Lipinski definition) is 1. The van der Waals surface area contributed by atoms with Crippen LogP contribution in [0.1, 0.15) is 24.0 Å². The fourth-order valence-corrected chi connectivity index (χ4v) is 4.29. The lowest BCUT2D eigenvalue weighted by Gasteiger charge is -2.36. The number of piperazine rings is 1. The van der Waals surface area contributed by atoms with Crippen LogP contribution in [-0.4, -0.2) is 55.8 Å². The summed E-state index contributed by atoms with van der Waals surface area (Å²) in [5.41, 5.74) is 6.05. The van der Waals surface area contributed by atoms with Gasteiger partial charge in [-0.3, -0.25) is 14.7 Å². The zero-order chi connectivity index (χ0) is 21.5. The predicted octanol–water partition coefficient (Wildman–Crippen LogP) is 2.72. The van der Waals surface area contributed by atoms with Gasteiger partial charge in [-0.1, -0.05) is 12.2 Å². The van der Waals surface area contributed by atoms with Crippen LogP contribution in [0, 0.1) is 13.8 Å². The van der Waals surface area contributed by atoms with Crippen LogP contribution < -0.4 is 5.32 Å². The third-order valence-electron chi connectivity index (χ3n) is 5.78. The minimum Gasteiger partial charge on any atom is -0.368 e. The van der Waals surface area contributed by atoms with Gasteiger partial charge >= 0.3 is 0 Å². The maximum absolute atomic E-state index is 13.2. The van der Waals surface area contributed by atoms with E-state index in [2.05, 4.69) is 28.2 Å². The van der Waals surface area contributed by atoms with E-state index in [1.165, 1.54) is 0 Å². The van der Waals surface area contributed by atoms with E-state index in [4.69, 9.17) is 4.98 Å². The predicted molar refractivity (Wildman–Crippen MR) is 121 cm³/mol. The SMILES string of the molecule is Cc1cn2cc(C3=CC(=O)N4C=C(N5CCN[C@@H](C)C5)C=C/C4=C\C=C3)nc2c(C)n1. The second-order valence-electron chi connectivity index (χ2n) is 8.27. The minimum absolute atomic E-state index is 0.0845. The number of rotatable bonds is 2. The van der Waals surface area contributed by atoms with E-state index in [0.717, 1.165) is 59.3 Å². The van der Waals surface area contributed by atoms with Gasteiger partial charge in [0.15, 0.2) is 5.65 Å². The van der Waals surface area contributed by atoms with Crippen molar-refractivity contribution in [1.82, 2.24) is 29.5 Å². The van der Waals surface area contributed by atoms with Crippen molar-refractivity contribution in [1.29, 1.82) is 0 Å². The van der Waals surface area contributed by atoms with Crippen molar-refractivity contribution in [2.45, 2.75) is 26.8 Å². The normalized spacial score (nSPS) is 23.1. The Bertz CT molecular complexity index is 1210. The van der Waals surface area contributed by atoms with E-state index < -0.39 is 0 Å². The van der Waals surface area contributed by atoms with Crippen LogP contribution in [0.2, 0.25) is 0 Å². The second-order valence-corrected chi connectivity index (χ2v) is 8.27. The number of nitrogens with zero attached hydrogens (tertiary/aromatic N) is 5.